The highest BCUT2D eigenvalue weighted by atomic mass is 35.5. The van der Waals surface area contributed by atoms with Crippen LogP contribution in [-0.2, 0) is 6.18 Å². The van der Waals surface area contributed by atoms with Crippen LogP contribution in [0.2, 0.25) is 5.02 Å². The monoisotopic (exact) mass is 318 g/mol. The Bertz CT molecular complexity index is 697. The molecule has 5 nitrogen and oxygen atoms in total. The topological polar surface area (TPSA) is 59.8 Å². The summed E-state index contributed by atoms with van der Waals surface area (Å²) in [5.74, 6) is -0.0436. The van der Waals surface area contributed by atoms with Crippen LogP contribution in [0.5, 0.6) is 0 Å². The van der Waals surface area contributed by atoms with Crippen molar-refractivity contribution < 1.29 is 13.2 Å². The first-order chi connectivity index (χ1) is 9.84. The fourth-order valence-corrected chi connectivity index (χ4v) is 1.78. The van der Waals surface area contributed by atoms with E-state index in [0.717, 1.165) is 16.8 Å². The number of halogens is 4. The van der Waals surface area contributed by atoms with Gasteiger partial charge in [-0.1, -0.05) is 11.6 Å². The molecule has 112 valence electrons. The van der Waals surface area contributed by atoms with Crippen LogP contribution in [0.4, 0.5) is 18.9 Å². The molecule has 0 radical (unpaired) electrons. The molecule has 0 fully saturated rings. The molecule has 2 aromatic rings. The van der Waals surface area contributed by atoms with Crippen molar-refractivity contribution in [2.75, 3.05) is 11.9 Å². The van der Waals surface area contributed by atoms with Crippen molar-refractivity contribution in [1.82, 2.24) is 14.8 Å². The number of alkyl halides is 3. The van der Waals surface area contributed by atoms with Crippen molar-refractivity contribution in [1.29, 1.82) is 0 Å². The first-order valence-corrected chi connectivity index (χ1v) is 6.27. The Kier molecular flexibility index (Phi) is 4.17. The average Bonchev–Trinajstić information content (AvgIpc) is 2.44. The standard InChI is InChI=1S/C12H10ClF3N4O/c1-2-17-8-6-19-20(11(21)10(8)13)9-4-3-7(5-18-9)12(14,15)16/h3-6,17H,2H2,1H3. The van der Waals surface area contributed by atoms with E-state index in [1.54, 1.807) is 0 Å². The molecule has 0 unspecified atom stereocenters. The Morgan fingerprint density at radius 3 is 2.57 bits per heavy atom. The Morgan fingerprint density at radius 2 is 2.05 bits per heavy atom. The second-order valence-electron chi connectivity index (χ2n) is 4.02. The van der Waals surface area contributed by atoms with Crippen LogP contribution < -0.4 is 10.9 Å². The summed E-state index contributed by atoms with van der Waals surface area (Å²) in [6, 6.07) is 1.88. The van der Waals surface area contributed by atoms with Crippen LogP contribution in [0.25, 0.3) is 5.82 Å². The van der Waals surface area contributed by atoms with Gasteiger partial charge in [0.2, 0.25) is 0 Å². The number of aromatic nitrogens is 3. The van der Waals surface area contributed by atoms with Crippen molar-refractivity contribution in [3.63, 3.8) is 0 Å². The molecular formula is C12H10ClF3N4O. The summed E-state index contributed by atoms with van der Waals surface area (Å²) in [4.78, 5) is 15.6. The lowest BCUT2D eigenvalue weighted by atomic mass is 10.3. The minimum absolute atomic E-state index is 0.0436. The second kappa shape index (κ2) is 5.72. The summed E-state index contributed by atoms with van der Waals surface area (Å²) < 4.78 is 38.2. The van der Waals surface area contributed by atoms with Crippen LogP contribution in [0.3, 0.4) is 0 Å². The third-order valence-electron chi connectivity index (χ3n) is 2.58. The van der Waals surface area contributed by atoms with Crippen LogP contribution >= 0.6 is 11.6 Å². The molecule has 0 atom stereocenters. The molecule has 0 spiro atoms. The zero-order valence-corrected chi connectivity index (χ0v) is 11.5. The van der Waals surface area contributed by atoms with E-state index in [9.17, 15) is 18.0 Å². The molecule has 0 bridgehead atoms. The highest BCUT2D eigenvalue weighted by Gasteiger charge is 2.30. The maximum Gasteiger partial charge on any atom is 0.417 e. The van der Waals surface area contributed by atoms with E-state index >= 15 is 0 Å². The maximum atomic E-state index is 12.4. The Hall–Kier alpha value is -2.09. The number of hydrogen-bond donors (Lipinski definition) is 1. The largest absolute Gasteiger partial charge is 0.417 e. The van der Waals surface area contributed by atoms with Gasteiger partial charge in [-0.05, 0) is 19.1 Å². The maximum absolute atomic E-state index is 12.4. The zero-order chi connectivity index (χ0) is 15.6. The molecule has 2 aromatic heterocycles. The molecule has 1 N–H and O–H groups in total. The van der Waals surface area contributed by atoms with E-state index in [1.165, 1.54) is 6.20 Å². The fourth-order valence-electron chi connectivity index (χ4n) is 1.59. The van der Waals surface area contributed by atoms with E-state index in [2.05, 4.69) is 15.4 Å². The smallest absolute Gasteiger partial charge is 0.383 e. The normalized spacial score (nSPS) is 11.5. The van der Waals surface area contributed by atoms with Gasteiger partial charge in [0.25, 0.3) is 5.56 Å². The molecule has 0 aliphatic rings. The van der Waals surface area contributed by atoms with Gasteiger partial charge in [0.15, 0.2) is 5.82 Å². The number of pyridine rings is 1. The van der Waals surface area contributed by atoms with Crippen molar-refractivity contribution in [3.05, 3.63) is 45.5 Å². The van der Waals surface area contributed by atoms with Gasteiger partial charge in [0.05, 0.1) is 17.4 Å². The predicted molar refractivity (Wildman–Crippen MR) is 71.8 cm³/mol. The van der Waals surface area contributed by atoms with Gasteiger partial charge in [-0.2, -0.15) is 23.0 Å². The van der Waals surface area contributed by atoms with Crippen LogP contribution in [0, 0.1) is 0 Å². The predicted octanol–water partition coefficient (Wildman–Crippen LogP) is 2.73. The fraction of sp³-hybridized carbons (Fsp3) is 0.250. The van der Waals surface area contributed by atoms with Crippen molar-refractivity contribution in [2.24, 2.45) is 0 Å². The van der Waals surface area contributed by atoms with Crippen molar-refractivity contribution in [3.8, 4) is 5.82 Å². The van der Waals surface area contributed by atoms with Gasteiger partial charge in [-0.15, -0.1) is 0 Å². The number of rotatable bonds is 3. The van der Waals surface area contributed by atoms with E-state index in [4.69, 9.17) is 11.6 Å². The summed E-state index contributed by atoms with van der Waals surface area (Å²) in [5, 5.41) is 6.58. The van der Waals surface area contributed by atoms with Crippen LogP contribution in [-0.4, -0.2) is 21.3 Å². The highest BCUT2D eigenvalue weighted by molar-refractivity contribution is 6.32. The first-order valence-electron chi connectivity index (χ1n) is 5.90. The minimum Gasteiger partial charge on any atom is -0.383 e. The molecule has 21 heavy (non-hydrogen) atoms. The zero-order valence-electron chi connectivity index (χ0n) is 10.8. The molecule has 0 aliphatic heterocycles. The van der Waals surface area contributed by atoms with Gasteiger partial charge in [0.1, 0.15) is 5.02 Å². The number of hydrogen-bond acceptors (Lipinski definition) is 4. The number of anilines is 1. The second-order valence-corrected chi connectivity index (χ2v) is 4.40. The Labute approximate surface area is 122 Å². The lowest BCUT2D eigenvalue weighted by molar-refractivity contribution is -0.137. The van der Waals surface area contributed by atoms with Crippen LogP contribution in [0.1, 0.15) is 12.5 Å². The number of nitrogens with zero attached hydrogens (tertiary/aromatic N) is 3. The Balaban J connectivity index is 2.43. The number of nitrogens with one attached hydrogen (secondary N) is 1. The molecule has 0 saturated heterocycles. The molecule has 0 aromatic carbocycles. The van der Waals surface area contributed by atoms with Gasteiger partial charge >= 0.3 is 6.18 Å². The summed E-state index contributed by atoms with van der Waals surface area (Å²) in [5.41, 5.74) is -1.22. The van der Waals surface area contributed by atoms with E-state index in [-0.39, 0.29) is 10.8 Å². The van der Waals surface area contributed by atoms with Gasteiger partial charge in [0, 0.05) is 12.7 Å². The summed E-state index contributed by atoms with van der Waals surface area (Å²) in [7, 11) is 0. The quantitative estimate of drug-likeness (QED) is 0.945. The summed E-state index contributed by atoms with van der Waals surface area (Å²) >= 11 is 5.89. The van der Waals surface area contributed by atoms with Gasteiger partial charge in [-0.25, -0.2) is 4.98 Å². The third kappa shape index (κ3) is 3.15. The summed E-state index contributed by atoms with van der Waals surface area (Å²) in [6.07, 6.45) is -2.54. The molecule has 0 saturated carbocycles. The molecule has 0 aliphatic carbocycles. The SMILES string of the molecule is CCNc1cnn(-c2ccc(C(F)(F)F)cn2)c(=O)c1Cl. The van der Waals surface area contributed by atoms with Crippen molar-refractivity contribution >= 4 is 17.3 Å². The molecule has 2 heterocycles. The van der Waals surface area contributed by atoms with E-state index in [1.807, 2.05) is 6.92 Å². The molecule has 0 amide bonds. The highest BCUT2D eigenvalue weighted by Crippen LogP contribution is 2.28. The third-order valence-corrected chi connectivity index (χ3v) is 2.94. The molecule has 9 heteroatoms. The van der Waals surface area contributed by atoms with Crippen molar-refractivity contribution in [2.45, 2.75) is 13.1 Å². The lowest BCUT2D eigenvalue weighted by Gasteiger charge is -2.09. The van der Waals surface area contributed by atoms with E-state index < -0.39 is 17.3 Å². The molecule has 2 rings (SSSR count). The first kappa shape index (κ1) is 15.3. The van der Waals surface area contributed by atoms with Gasteiger partial charge < -0.3 is 5.32 Å². The lowest BCUT2D eigenvalue weighted by Crippen LogP contribution is -2.23. The van der Waals surface area contributed by atoms with Gasteiger partial charge in [-0.3, -0.25) is 4.79 Å². The molecular weight excluding hydrogens is 309 g/mol. The Morgan fingerprint density at radius 1 is 1.33 bits per heavy atom. The van der Waals surface area contributed by atoms with Crippen LogP contribution in [0.15, 0.2) is 29.3 Å². The minimum atomic E-state index is -4.49. The summed E-state index contributed by atoms with van der Waals surface area (Å²) in [6.45, 7) is 2.36. The average molecular weight is 319 g/mol. The van der Waals surface area contributed by atoms with E-state index in [0.29, 0.717) is 18.4 Å².